The van der Waals surface area contributed by atoms with E-state index in [-0.39, 0.29) is 29.9 Å². The SMILES string of the molecule is Cn1ncc(Cl)c1-c1cc(NC(=O)c2cc(F)cc(F)c2OC(=O)C(F)(F)F)ccc1OCCN. The molecule has 3 rings (SSSR count). The molecule has 2 aromatic carbocycles. The first kappa shape index (κ1) is 25.9. The summed E-state index contributed by atoms with van der Waals surface area (Å²) < 4.78 is 76.7. The summed E-state index contributed by atoms with van der Waals surface area (Å²) in [5.74, 6) is -8.08. The number of ether oxygens (including phenoxy) is 2. The minimum absolute atomic E-state index is 0.0418. The van der Waals surface area contributed by atoms with Crippen molar-refractivity contribution in [3.05, 3.63) is 58.7 Å². The van der Waals surface area contributed by atoms with Gasteiger partial charge in [0.2, 0.25) is 0 Å². The van der Waals surface area contributed by atoms with E-state index in [1.807, 2.05) is 0 Å². The van der Waals surface area contributed by atoms with Crippen molar-refractivity contribution in [2.45, 2.75) is 6.18 Å². The van der Waals surface area contributed by atoms with Gasteiger partial charge in [-0.2, -0.15) is 18.3 Å². The number of hydrogen-bond donors (Lipinski definition) is 2. The summed E-state index contributed by atoms with van der Waals surface area (Å²) in [6, 6.07) is 4.79. The predicted octanol–water partition coefficient (Wildman–Crippen LogP) is 4.08. The fraction of sp³-hybridized carbons (Fsp3) is 0.190. The van der Waals surface area contributed by atoms with E-state index >= 15 is 0 Å². The molecule has 3 N–H and O–H groups in total. The molecule has 1 aromatic heterocycles. The number of aromatic nitrogens is 2. The number of aryl methyl sites for hydroxylation is 1. The first-order valence-corrected chi connectivity index (χ1v) is 10.0. The number of carbonyl (C=O) groups excluding carboxylic acids is 2. The second-order valence-corrected chi connectivity index (χ2v) is 7.33. The number of nitrogens with zero attached hydrogens (tertiary/aromatic N) is 2. The average molecular weight is 519 g/mol. The highest BCUT2D eigenvalue weighted by Gasteiger charge is 2.42. The maximum absolute atomic E-state index is 14.2. The summed E-state index contributed by atoms with van der Waals surface area (Å²) in [4.78, 5) is 23.9. The highest BCUT2D eigenvalue weighted by Crippen LogP contribution is 2.37. The lowest BCUT2D eigenvalue weighted by Gasteiger charge is -2.15. The maximum atomic E-state index is 14.2. The average Bonchev–Trinajstić information content (AvgIpc) is 3.11. The predicted molar refractivity (Wildman–Crippen MR) is 114 cm³/mol. The molecule has 186 valence electrons. The molecule has 0 bridgehead atoms. The van der Waals surface area contributed by atoms with E-state index < -0.39 is 41.0 Å². The molecular weight excluding hydrogens is 503 g/mol. The zero-order valence-corrected chi connectivity index (χ0v) is 18.5. The molecule has 1 heterocycles. The fourth-order valence-corrected chi connectivity index (χ4v) is 3.25. The highest BCUT2D eigenvalue weighted by molar-refractivity contribution is 6.33. The van der Waals surface area contributed by atoms with E-state index in [9.17, 15) is 31.5 Å². The third kappa shape index (κ3) is 5.87. The minimum atomic E-state index is -5.48. The van der Waals surface area contributed by atoms with Crippen molar-refractivity contribution < 1.29 is 41.0 Å². The van der Waals surface area contributed by atoms with Gasteiger partial charge >= 0.3 is 12.1 Å². The van der Waals surface area contributed by atoms with Crippen molar-refractivity contribution in [3.63, 3.8) is 0 Å². The standard InChI is InChI=1S/C21H16ClF5N4O4/c1-31-17(14(22)9-29-31)12-8-11(2-3-16(12)34-5-4-28)30-19(32)13-6-10(23)7-15(24)18(13)35-20(33)21(25,26)27/h2-3,6-9H,4-5,28H2,1H3,(H,30,32). The lowest BCUT2D eigenvalue weighted by Crippen LogP contribution is -2.29. The van der Waals surface area contributed by atoms with Crippen molar-refractivity contribution in [1.29, 1.82) is 0 Å². The van der Waals surface area contributed by atoms with Crippen LogP contribution >= 0.6 is 11.6 Å². The lowest BCUT2D eigenvalue weighted by atomic mass is 10.1. The number of esters is 1. The summed E-state index contributed by atoms with van der Waals surface area (Å²) in [5, 5.41) is 6.55. The van der Waals surface area contributed by atoms with Crippen LogP contribution in [0.3, 0.4) is 0 Å². The topological polar surface area (TPSA) is 108 Å². The van der Waals surface area contributed by atoms with Crippen LogP contribution in [-0.4, -0.2) is 41.0 Å². The molecule has 0 radical (unpaired) electrons. The van der Waals surface area contributed by atoms with E-state index in [4.69, 9.17) is 22.1 Å². The molecule has 3 aromatic rings. The van der Waals surface area contributed by atoms with Crippen LogP contribution in [0.5, 0.6) is 11.5 Å². The Morgan fingerprint density at radius 3 is 2.51 bits per heavy atom. The fourth-order valence-electron chi connectivity index (χ4n) is 2.98. The monoisotopic (exact) mass is 518 g/mol. The third-order valence-corrected chi connectivity index (χ3v) is 4.72. The van der Waals surface area contributed by atoms with E-state index in [1.54, 1.807) is 7.05 Å². The van der Waals surface area contributed by atoms with Gasteiger partial charge in [-0.05, 0) is 24.3 Å². The van der Waals surface area contributed by atoms with Crippen molar-refractivity contribution in [1.82, 2.24) is 9.78 Å². The quantitative estimate of drug-likeness (QED) is 0.277. The minimum Gasteiger partial charge on any atom is -0.492 e. The second kappa shape index (κ2) is 10.3. The van der Waals surface area contributed by atoms with Gasteiger partial charge in [-0.25, -0.2) is 13.6 Å². The zero-order valence-electron chi connectivity index (χ0n) is 17.8. The number of hydrogen-bond acceptors (Lipinski definition) is 6. The van der Waals surface area contributed by atoms with Gasteiger partial charge < -0.3 is 20.5 Å². The first-order valence-electron chi connectivity index (χ1n) is 9.66. The van der Waals surface area contributed by atoms with Crippen LogP contribution in [0.1, 0.15) is 10.4 Å². The number of nitrogens with two attached hydrogens (primary N) is 1. The van der Waals surface area contributed by atoms with Gasteiger partial charge in [-0.15, -0.1) is 0 Å². The van der Waals surface area contributed by atoms with E-state index in [1.165, 1.54) is 29.1 Å². The molecular formula is C21H16ClF5N4O4. The number of halogens is 6. The molecule has 35 heavy (non-hydrogen) atoms. The summed E-state index contributed by atoms with van der Waals surface area (Å²) in [6.45, 7) is 0.340. The molecule has 0 saturated heterocycles. The van der Waals surface area contributed by atoms with Crippen LogP contribution in [-0.2, 0) is 11.8 Å². The number of nitrogens with one attached hydrogen (secondary N) is 1. The zero-order chi connectivity index (χ0) is 25.9. The van der Waals surface area contributed by atoms with Crippen LogP contribution in [0.2, 0.25) is 5.02 Å². The van der Waals surface area contributed by atoms with Gasteiger partial charge in [0.15, 0.2) is 11.6 Å². The molecule has 0 aliphatic rings. The molecule has 0 spiro atoms. The Kier molecular flexibility index (Phi) is 7.60. The first-order chi connectivity index (χ1) is 16.4. The van der Waals surface area contributed by atoms with E-state index in [2.05, 4.69) is 15.2 Å². The van der Waals surface area contributed by atoms with Crippen molar-refractivity contribution in [2.75, 3.05) is 18.5 Å². The number of alkyl halides is 3. The molecule has 0 saturated carbocycles. The van der Waals surface area contributed by atoms with Gasteiger partial charge in [-0.3, -0.25) is 9.48 Å². The second-order valence-electron chi connectivity index (χ2n) is 6.92. The molecule has 0 fully saturated rings. The van der Waals surface area contributed by atoms with Gasteiger partial charge in [0.1, 0.15) is 18.2 Å². The van der Waals surface area contributed by atoms with Crippen LogP contribution in [0.4, 0.5) is 27.6 Å². The molecule has 1 amide bonds. The van der Waals surface area contributed by atoms with Crippen molar-refractivity contribution in [3.8, 4) is 22.8 Å². The van der Waals surface area contributed by atoms with Crippen molar-refractivity contribution >= 4 is 29.2 Å². The molecule has 14 heteroatoms. The van der Waals surface area contributed by atoms with E-state index in [0.29, 0.717) is 23.1 Å². The summed E-state index contributed by atoms with van der Waals surface area (Å²) >= 11 is 6.21. The largest absolute Gasteiger partial charge is 0.492 e. The third-order valence-electron chi connectivity index (χ3n) is 4.44. The summed E-state index contributed by atoms with van der Waals surface area (Å²) in [7, 11) is 1.59. The Labute approximate surface area is 199 Å². The lowest BCUT2D eigenvalue weighted by molar-refractivity contribution is -0.189. The van der Waals surface area contributed by atoms with Crippen LogP contribution in [0.25, 0.3) is 11.3 Å². The number of carbonyl (C=O) groups is 2. The summed E-state index contributed by atoms with van der Waals surface area (Å²) in [6.07, 6.45) is -4.11. The van der Waals surface area contributed by atoms with Crippen LogP contribution < -0.4 is 20.5 Å². The van der Waals surface area contributed by atoms with Gasteiger partial charge in [0, 0.05) is 30.9 Å². The van der Waals surface area contributed by atoms with Gasteiger partial charge in [0.05, 0.1) is 22.5 Å². The van der Waals surface area contributed by atoms with E-state index in [0.717, 1.165) is 0 Å². The van der Waals surface area contributed by atoms with Gasteiger partial charge in [-0.1, -0.05) is 11.6 Å². The Hall–Kier alpha value is -3.71. The Bertz CT molecular complexity index is 1260. The molecule has 0 aliphatic heterocycles. The number of anilines is 1. The molecule has 0 aliphatic carbocycles. The molecule has 0 atom stereocenters. The maximum Gasteiger partial charge on any atom is 0.491 e. The van der Waals surface area contributed by atoms with Gasteiger partial charge in [0.25, 0.3) is 5.91 Å². The number of amides is 1. The Morgan fingerprint density at radius 1 is 1.20 bits per heavy atom. The Morgan fingerprint density at radius 2 is 1.91 bits per heavy atom. The summed E-state index contributed by atoms with van der Waals surface area (Å²) in [5.41, 5.74) is 5.28. The number of benzene rings is 2. The number of rotatable bonds is 7. The van der Waals surface area contributed by atoms with Crippen molar-refractivity contribution in [2.24, 2.45) is 12.8 Å². The van der Waals surface area contributed by atoms with Crippen LogP contribution in [0, 0.1) is 11.6 Å². The molecule has 8 nitrogen and oxygen atoms in total. The highest BCUT2D eigenvalue weighted by atomic mass is 35.5. The Balaban J connectivity index is 2.00. The normalized spacial score (nSPS) is 11.3. The molecule has 0 unspecified atom stereocenters. The van der Waals surface area contributed by atoms with Crippen LogP contribution in [0.15, 0.2) is 36.5 Å². The smallest absolute Gasteiger partial charge is 0.491 e.